The van der Waals surface area contributed by atoms with E-state index in [1.807, 2.05) is 20.8 Å². The summed E-state index contributed by atoms with van der Waals surface area (Å²) in [5.41, 5.74) is 5.59. The summed E-state index contributed by atoms with van der Waals surface area (Å²) in [4.78, 5) is 12.0. The fourth-order valence-corrected chi connectivity index (χ4v) is 3.86. The predicted molar refractivity (Wildman–Crippen MR) is 75.8 cm³/mol. The number of carbonyl (C=O) groups is 1. The second-order valence-corrected chi connectivity index (χ2v) is 7.78. The first kappa shape index (κ1) is 14.6. The normalized spacial score (nSPS) is 31.3. The number of nitrogens with two attached hydrogens (primary N) is 1. The Morgan fingerprint density at radius 3 is 2.26 bits per heavy atom. The third-order valence-electron chi connectivity index (χ3n) is 4.90. The second-order valence-electron chi connectivity index (χ2n) is 7.78. The third-order valence-corrected chi connectivity index (χ3v) is 4.90. The molecule has 4 nitrogen and oxygen atoms in total. The maximum absolute atomic E-state index is 12.0. The number of alkyl carbamates (subject to hydrolysis) is 1. The minimum absolute atomic E-state index is 0.0735. The monoisotopic (exact) mass is 268 g/mol. The highest BCUT2D eigenvalue weighted by molar-refractivity contribution is 5.69. The van der Waals surface area contributed by atoms with Crippen LogP contribution in [-0.2, 0) is 4.74 Å². The highest BCUT2D eigenvalue weighted by atomic mass is 16.6. The molecule has 2 aliphatic rings. The van der Waals surface area contributed by atoms with E-state index in [9.17, 15) is 4.79 Å². The van der Waals surface area contributed by atoms with Gasteiger partial charge in [-0.3, -0.25) is 0 Å². The number of amides is 1. The smallest absolute Gasteiger partial charge is 0.408 e. The van der Waals surface area contributed by atoms with Crippen LogP contribution in [0.2, 0.25) is 0 Å². The van der Waals surface area contributed by atoms with Gasteiger partial charge in [0.25, 0.3) is 0 Å². The molecule has 3 N–H and O–H groups in total. The van der Waals surface area contributed by atoms with Crippen LogP contribution in [0.1, 0.15) is 53.9 Å². The topological polar surface area (TPSA) is 64.3 Å². The van der Waals surface area contributed by atoms with E-state index >= 15 is 0 Å². The molecule has 4 heteroatoms. The summed E-state index contributed by atoms with van der Waals surface area (Å²) in [6, 6.07) is 0. The van der Waals surface area contributed by atoms with Crippen LogP contribution in [0.15, 0.2) is 0 Å². The molecule has 1 amide bonds. The number of carbonyl (C=O) groups excluding carboxylic acids is 1. The lowest BCUT2D eigenvalue weighted by molar-refractivity contribution is 0.0323. The molecule has 0 bridgehead atoms. The van der Waals surface area contributed by atoms with Gasteiger partial charge in [0.1, 0.15) is 5.60 Å². The standard InChI is InChI=1S/C15H28N2O2/c1-13(2,3)19-12(18)17-15(7-6-8-15)11-10(9-16)14(11,4)5/h10-11H,6-9,16H2,1-5H3,(H,17,18)/t10-,11-/m0/s1. The lowest BCUT2D eigenvalue weighted by Crippen LogP contribution is -2.57. The zero-order chi connectivity index (χ0) is 14.5. The molecule has 110 valence electrons. The number of rotatable bonds is 3. The van der Waals surface area contributed by atoms with E-state index in [1.54, 1.807) is 0 Å². The fraction of sp³-hybridized carbons (Fsp3) is 0.933. The van der Waals surface area contributed by atoms with Crippen molar-refractivity contribution < 1.29 is 9.53 Å². The van der Waals surface area contributed by atoms with Crippen molar-refractivity contribution in [1.29, 1.82) is 0 Å². The van der Waals surface area contributed by atoms with E-state index in [2.05, 4.69) is 19.2 Å². The molecule has 0 heterocycles. The zero-order valence-corrected chi connectivity index (χ0v) is 12.9. The summed E-state index contributed by atoms with van der Waals surface area (Å²) in [6.45, 7) is 10.9. The largest absolute Gasteiger partial charge is 0.444 e. The maximum atomic E-state index is 12.0. The summed E-state index contributed by atoms with van der Waals surface area (Å²) in [5, 5.41) is 3.15. The maximum Gasteiger partial charge on any atom is 0.408 e. The van der Waals surface area contributed by atoms with Gasteiger partial charge in [0.15, 0.2) is 0 Å². The molecule has 2 saturated carbocycles. The second kappa shape index (κ2) is 4.37. The van der Waals surface area contributed by atoms with Crippen molar-refractivity contribution >= 4 is 6.09 Å². The average Bonchev–Trinajstić information content (AvgIpc) is 2.72. The lowest BCUT2D eigenvalue weighted by atomic mass is 9.71. The van der Waals surface area contributed by atoms with Crippen LogP contribution in [0.5, 0.6) is 0 Å². The first-order chi connectivity index (χ1) is 8.62. The Hall–Kier alpha value is -0.770. The van der Waals surface area contributed by atoms with Crippen LogP contribution in [0.25, 0.3) is 0 Å². The minimum atomic E-state index is -0.443. The van der Waals surface area contributed by atoms with Gasteiger partial charge in [-0.2, -0.15) is 0 Å². The van der Waals surface area contributed by atoms with Crippen molar-refractivity contribution in [2.75, 3.05) is 6.54 Å². The molecular weight excluding hydrogens is 240 g/mol. The van der Waals surface area contributed by atoms with Crippen molar-refractivity contribution in [2.24, 2.45) is 23.0 Å². The van der Waals surface area contributed by atoms with Crippen molar-refractivity contribution in [3.63, 3.8) is 0 Å². The predicted octanol–water partition coefficient (Wildman–Crippen LogP) is 2.66. The van der Waals surface area contributed by atoms with E-state index in [0.717, 1.165) is 12.8 Å². The van der Waals surface area contributed by atoms with E-state index in [1.165, 1.54) is 6.42 Å². The minimum Gasteiger partial charge on any atom is -0.444 e. The SMILES string of the molecule is CC(C)(C)OC(=O)NC1([C@H]2[C@H](CN)C2(C)C)CCC1. The molecule has 0 unspecified atom stereocenters. The molecule has 0 radical (unpaired) electrons. The number of hydrogen-bond acceptors (Lipinski definition) is 3. The summed E-state index contributed by atoms with van der Waals surface area (Å²) in [6.07, 6.45) is 3.00. The molecular formula is C15H28N2O2. The van der Waals surface area contributed by atoms with Gasteiger partial charge >= 0.3 is 6.09 Å². The third kappa shape index (κ3) is 2.60. The van der Waals surface area contributed by atoms with Crippen LogP contribution in [-0.4, -0.2) is 23.8 Å². The van der Waals surface area contributed by atoms with Gasteiger partial charge in [0.2, 0.25) is 0 Å². The highest BCUT2D eigenvalue weighted by Gasteiger charge is 2.67. The molecule has 0 saturated heterocycles. The summed E-state index contributed by atoms with van der Waals surface area (Å²) in [7, 11) is 0. The lowest BCUT2D eigenvalue weighted by Gasteiger charge is -2.44. The molecule has 0 aromatic rings. The summed E-state index contributed by atoms with van der Waals surface area (Å²) >= 11 is 0. The van der Waals surface area contributed by atoms with Crippen LogP contribution in [0.4, 0.5) is 4.79 Å². The van der Waals surface area contributed by atoms with Crippen molar-refractivity contribution in [2.45, 2.75) is 65.0 Å². The Bertz CT molecular complexity index is 367. The van der Waals surface area contributed by atoms with Crippen molar-refractivity contribution in [3.05, 3.63) is 0 Å². The molecule has 0 spiro atoms. The molecule has 2 rings (SSSR count). The van der Waals surface area contributed by atoms with Crippen LogP contribution >= 0.6 is 0 Å². The number of ether oxygens (including phenoxy) is 1. The van der Waals surface area contributed by atoms with Gasteiger partial charge in [-0.1, -0.05) is 13.8 Å². The van der Waals surface area contributed by atoms with Crippen LogP contribution in [0.3, 0.4) is 0 Å². The summed E-state index contributed by atoms with van der Waals surface area (Å²) < 4.78 is 5.40. The molecule has 0 aromatic heterocycles. The van der Waals surface area contributed by atoms with Crippen LogP contribution in [0, 0.1) is 17.3 Å². The Balaban J connectivity index is 2.03. The van der Waals surface area contributed by atoms with E-state index in [4.69, 9.17) is 10.5 Å². The molecule has 0 aliphatic heterocycles. The quantitative estimate of drug-likeness (QED) is 0.827. The van der Waals surface area contributed by atoms with Gasteiger partial charge in [-0.05, 0) is 63.8 Å². The Labute approximate surface area is 116 Å². The molecule has 2 aliphatic carbocycles. The Morgan fingerprint density at radius 2 is 1.95 bits per heavy atom. The van der Waals surface area contributed by atoms with Gasteiger partial charge in [0.05, 0.1) is 0 Å². The van der Waals surface area contributed by atoms with E-state index < -0.39 is 5.60 Å². The summed E-state index contributed by atoms with van der Waals surface area (Å²) in [5.74, 6) is 1.01. The molecule has 19 heavy (non-hydrogen) atoms. The van der Waals surface area contributed by atoms with Crippen LogP contribution < -0.4 is 11.1 Å². The first-order valence-corrected chi connectivity index (χ1v) is 7.34. The number of nitrogens with one attached hydrogen (secondary N) is 1. The van der Waals surface area contributed by atoms with E-state index in [0.29, 0.717) is 18.4 Å². The van der Waals surface area contributed by atoms with E-state index in [-0.39, 0.29) is 17.0 Å². The van der Waals surface area contributed by atoms with Crippen molar-refractivity contribution in [1.82, 2.24) is 5.32 Å². The molecule has 2 atom stereocenters. The highest BCUT2D eigenvalue weighted by Crippen LogP contribution is 2.66. The van der Waals surface area contributed by atoms with Crippen molar-refractivity contribution in [3.8, 4) is 0 Å². The Kier molecular flexibility index (Phi) is 3.37. The zero-order valence-electron chi connectivity index (χ0n) is 12.9. The fourth-order valence-electron chi connectivity index (χ4n) is 3.86. The Morgan fingerprint density at radius 1 is 1.37 bits per heavy atom. The van der Waals surface area contributed by atoms with Gasteiger partial charge in [-0.25, -0.2) is 4.79 Å². The molecule has 2 fully saturated rings. The average molecular weight is 268 g/mol. The molecule has 0 aromatic carbocycles. The van der Waals surface area contributed by atoms with Gasteiger partial charge < -0.3 is 15.8 Å². The number of hydrogen-bond donors (Lipinski definition) is 2. The van der Waals surface area contributed by atoms with Gasteiger partial charge in [-0.15, -0.1) is 0 Å². The first-order valence-electron chi connectivity index (χ1n) is 7.34. The van der Waals surface area contributed by atoms with Gasteiger partial charge in [0, 0.05) is 5.54 Å².